The Morgan fingerprint density at radius 2 is 2.11 bits per heavy atom. The third kappa shape index (κ3) is 3.38. The van der Waals surface area contributed by atoms with Crippen molar-refractivity contribution in [2.75, 3.05) is 5.32 Å². The Morgan fingerprint density at radius 1 is 1.25 bits per heavy atom. The van der Waals surface area contributed by atoms with Crippen molar-refractivity contribution in [1.82, 2.24) is 34.9 Å². The summed E-state index contributed by atoms with van der Waals surface area (Å²) in [5, 5.41) is 11.6. The zero-order valence-corrected chi connectivity index (χ0v) is 14.1. The first-order chi connectivity index (χ1) is 13.4. The molecule has 4 radical (unpaired) electrons. The predicted molar refractivity (Wildman–Crippen MR) is 96.6 cm³/mol. The van der Waals surface area contributed by atoms with Crippen LogP contribution in [0.3, 0.4) is 0 Å². The van der Waals surface area contributed by atoms with Gasteiger partial charge >= 0.3 is 6.61 Å². The van der Waals surface area contributed by atoms with Gasteiger partial charge in [0.25, 0.3) is 0 Å². The summed E-state index contributed by atoms with van der Waals surface area (Å²) in [6, 6.07) is 4.66. The number of H-pyrrole nitrogens is 1. The zero-order chi connectivity index (χ0) is 19.7. The van der Waals surface area contributed by atoms with E-state index < -0.39 is 11.9 Å². The number of halogens is 2. The van der Waals surface area contributed by atoms with Gasteiger partial charge in [-0.2, -0.15) is 13.9 Å². The van der Waals surface area contributed by atoms with E-state index in [0.717, 1.165) is 0 Å². The highest BCUT2D eigenvalue weighted by Crippen LogP contribution is 2.24. The highest BCUT2D eigenvalue weighted by Gasteiger charge is 2.26. The Hall–Kier alpha value is -3.50. The Balaban J connectivity index is 1.66. The highest BCUT2D eigenvalue weighted by molar-refractivity contribution is 6.40. The van der Waals surface area contributed by atoms with Gasteiger partial charge in [-0.1, -0.05) is 6.07 Å². The lowest BCUT2D eigenvalue weighted by Gasteiger charge is -2.27. The summed E-state index contributed by atoms with van der Waals surface area (Å²) in [6.45, 7) is -2.98. The first-order valence-corrected chi connectivity index (χ1v) is 7.90. The molecule has 9 nitrogen and oxygen atoms in total. The molecule has 4 rings (SSSR count). The first kappa shape index (κ1) is 17.9. The normalized spacial score (nSPS) is 11.8. The van der Waals surface area contributed by atoms with Crippen molar-refractivity contribution in [3.63, 3.8) is 0 Å². The van der Waals surface area contributed by atoms with Crippen molar-refractivity contribution < 1.29 is 13.5 Å². The zero-order valence-electron chi connectivity index (χ0n) is 14.1. The number of anilines is 2. The van der Waals surface area contributed by atoms with E-state index in [1.54, 1.807) is 18.3 Å². The van der Waals surface area contributed by atoms with E-state index in [4.69, 9.17) is 15.7 Å². The molecule has 136 valence electrons. The number of aromatic nitrogens is 7. The molecular formula is C15H10B2F2N8O. The van der Waals surface area contributed by atoms with Crippen molar-refractivity contribution >= 4 is 38.5 Å². The van der Waals surface area contributed by atoms with E-state index >= 15 is 0 Å². The van der Waals surface area contributed by atoms with Crippen LogP contribution in [0.25, 0.3) is 11.2 Å². The van der Waals surface area contributed by atoms with Crippen molar-refractivity contribution in [1.29, 1.82) is 0 Å². The molecule has 13 heteroatoms. The van der Waals surface area contributed by atoms with Crippen LogP contribution in [-0.2, 0) is 5.34 Å². The van der Waals surface area contributed by atoms with E-state index in [1.165, 1.54) is 29.3 Å². The molecule has 0 saturated heterocycles. The molecular weight excluding hydrogens is 368 g/mol. The fourth-order valence-corrected chi connectivity index (χ4v) is 2.51. The van der Waals surface area contributed by atoms with Crippen LogP contribution in [0, 0.1) is 0 Å². The largest absolute Gasteiger partial charge is 0.415 e. The summed E-state index contributed by atoms with van der Waals surface area (Å²) < 4.78 is 30.0. The fourth-order valence-electron chi connectivity index (χ4n) is 2.51. The lowest BCUT2D eigenvalue weighted by molar-refractivity contribution is -0.0528. The van der Waals surface area contributed by atoms with Gasteiger partial charge < -0.3 is 10.1 Å². The van der Waals surface area contributed by atoms with E-state index in [1.807, 2.05) is 0 Å². The van der Waals surface area contributed by atoms with E-state index in [2.05, 4.69) is 40.3 Å². The number of aromatic amines is 1. The van der Waals surface area contributed by atoms with Crippen molar-refractivity contribution in [2.45, 2.75) is 11.9 Å². The van der Waals surface area contributed by atoms with Crippen LogP contribution < -0.4 is 10.1 Å². The first-order valence-electron chi connectivity index (χ1n) is 7.90. The highest BCUT2D eigenvalue weighted by atomic mass is 19.3. The maximum absolute atomic E-state index is 12.2. The third-order valence-corrected chi connectivity index (χ3v) is 3.78. The maximum Gasteiger partial charge on any atom is 0.388 e. The standard InChI is InChI=1S/C15H10B2F2N8O/c16-15(17,8-2-1-3-20-5-8)27-13-9(6-22-27)21-7-11(24-13)23-10-4-12(26-25-10)28-14(18)19/h1-7,14H,(H2,23,24,25,26). The second-order valence-electron chi connectivity index (χ2n) is 5.71. The van der Waals surface area contributed by atoms with Gasteiger partial charge in [-0.25, -0.2) is 9.97 Å². The predicted octanol–water partition coefficient (Wildman–Crippen LogP) is 1.28. The number of fused-ring (bicyclic) bond motifs is 1. The van der Waals surface area contributed by atoms with E-state index in [-0.39, 0.29) is 17.5 Å². The topological polar surface area (TPSA) is 106 Å². The van der Waals surface area contributed by atoms with Crippen LogP contribution in [0.4, 0.5) is 20.4 Å². The van der Waals surface area contributed by atoms with E-state index in [9.17, 15) is 8.78 Å². The summed E-state index contributed by atoms with van der Waals surface area (Å²) in [6.07, 6.45) is 6.03. The van der Waals surface area contributed by atoms with Crippen LogP contribution in [0.1, 0.15) is 5.56 Å². The molecule has 4 aromatic rings. The monoisotopic (exact) mass is 378 g/mol. The number of hydrogen-bond acceptors (Lipinski definition) is 7. The van der Waals surface area contributed by atoms with Crippen LogP contribution in [0.15, 0.2) is 43.0 Å². The van der Waals surface area contributed by atoms with Gasteiger partial charge in [-0.3, -0.25) is 14.8 Å². The van der Waals surface area contributed by atoms with Crippen molar-refractivity contribution in [2.24, 2.45) is 0 Å². The van der Waals surface area contributed by atoms with Crippen LogP contribution in [0.2, 0.25) is 0 Å². The smallest absolute Gasteiger partial charge is 0.388 e. The third-order valence-electron chi connectivity index (χ3n) is 3.78. The van der Waals surface area contributed by atoms with Crippen LogP contribution >= 0.6 is 0 Å². The Labute approximate surface area is 159 Å². The number of pyridine rings is 1. The van der Waals surface area contributed by atoms with Crippen molar-refractivity contribution in [3.05, 3.63) is 48.5 Å². The lowest BCUT2D eigenvalue weighted by Crippen LogP contribution is -2.37. The SMILES string of the molecule is [B]C([B])(c1cccnc1)n1ncc2ncc(Nc3cc(OC(F)F)n[nH]3)nc21. The van der Waals surface area contributed by atoms with Crippen LogP contribution in [-0.4, -0.2) is 57.2 Å². The molecule has 0 bridgehead atoms. The molecule has 0 aliphatic carbocycles. The van der Waals surface area contributed by atoms with Gasteiger partial charge in [0.15, 0.2) is 11.5 Å². The Kier molecular flexibility index (Phi) is 4.41. The van der Waals surface area contributed by atoms with Gasteiger partial charge in [0.05, 0.1) is 28.1 Å². The lowest BCUT2D eigenvalue weighted by atomic mass is 9.58. The molecule has 28 heavy (non-hydrogen) atoms. The number of rotatable bonds is 6. The molecule has 0 saturated carbocycles. The Bertz CT molecular complexity index is 1100. The van der Waals surface area contributed by atoms with E-state index in [0.29, 0.717) is 16.7 Å². The second-order valence-corrected chi connectivity index (χ2v) is 5.71. The minimum Gasteiger partial charge on any atom is -0.415 e. The van der Waals surface area contributed by atoms with Gasteiger partial charge in [0.1, 0.15) is 11.3 Å². The number of nitrogens with one attached hydrogen (secondary N) is 2. The molecule has 0 amide bonds. The molecule has 0 aromatic carbocycles. The summed E-state index contributed by atoms with van der Waals surface area (Å²) in [7, 11) is 12.5. The number of alkyl halides is 2. The second kappa shape index (κ2) is 6.91. The fraction of sp³-hybridized carbons (Fsp3) is 0.133. The molecule has 0 aliphatic rings. The molecule has 0 atom stereocenters. The quantitative estimate of drug-likeness (QED) is 0.487. The maximum atomic E-state index is 12.2. The van der Waals surface area contributed by atoms with Gasteiger partial charge in [0.2, 0.25) is 5.88 Å². The molecule has 0 aliphatic heterocycles. The minimum atomic E-state index is -2.98. The van der Waals surface area contributed by atoms with Gasteiger partial charge in [0, 0.05) is 23.8 Å². The molecule has 0 unspecified atom stereocenters. The molecule has 2 N–H and O–H groups in total. The summed E-state index contributed by atoms with van der Waals surface area (Å²) in [5.74, 6) is 0.286. The Morgan fingerprint density at radius 3 is 2.86 bits per heavy atom. The average Bonchev–Trinajstić information content (AvgIpc) is 3.29. The molecule has 4 aromatic heterocycles. The van der Waals surface area contributed by atoms with Crippen LogP contribution in [0.5, 0.6) is 5.88 Å². The molecule has 0 fully saturated rings. The summed E-state index contributed by atoms with van der Waals surface area (Å²) in [4.78, 5) is 12.7. The number of hydrogen-bond donors (Lipinski definition) is 2. The molecule has 4 heterocycles. The number of nitrogens with zero attached hydrogens (tertiary/aromatic N) is 6. The average molecular weight is 378 g/mol. The molecule has 0 spiro atoms. The summed E-state index contributed by atoms with van der Waals surface area (Å²) in [5.41, 5.74) is 1.28. The minimum absolute atomic E-state index is 0.268. The van der Waals surface area contributed by atoms with Gasteiger partial charge in [-0.15, -0.1) is 5.10 Å². The number of ether oxygens (including phenoxy) is 1. The summed E-state index contributed by atoms with van der Waals surface area (Å²) >= 11 is 0. The van der Waals surface area contributed by atoms with Gasteiger partial charge in [-0.05, 0) is 11.6 Å². The van der Waals surface area contributed by atoms with Crippen molar-refractivity contribution in [3.8, 4) is 5.88 Å².